The van der Waals surface area contributed by atoms with Crippen molar-refractivity contribution in [1.29, 1.82) is 0 Å². The van der Waals surface area contributed by atoms with Crippen LogP contribution in [0.5, 0.6) is 5.75 Å². The summed E-state index contributed by atoms with van der Waals surface area (Å²) in [6.07, 6.45) is -1.86. The van der Waals surface area contributed by atoms with E-state index in [1.54, 1.807) is 18.2 Å². The highest BCUT2D eigenvalue weighted by Gasteiger charge is 2.30. The van der Waals surface area contributed by atoms with Crippen LogP contribution in [0.25, 0.3) is 22.6 Å². The van der Waals surface area contributed by atoms with E-state index in [9.17, 15) is 14.7 Å². The summed E-state index contributed by atoms with van der Waals surface area (Å²) in [5.41, 5.74) is 2.57. The van der Waals surface area contributed by atoms with Gasteiger partial charge in [0.05, 0.1) is 0 Å². The third-order valence-corrected chi connectivity index (χ3v) is 5.42. The van der Waals surface area contributed by atoms with Crippen LogP contribution >= 0.6 is 0 Å². The molecule has 8 nitrogen and oxygen atoms in total. The van der Waals surface area contributed by atoms with Crippen LogP contribution < -0.4 is 10.1 Å². The normalized spacial score (nSPS) is 13.4. The lowest BCUT2D eigenvalue weighted by atomic mass is 10.0. The standard InChI is InChI=1S/C27H24N2O6/c1-17(27(32)33)34-21-14-8-13-20(15-21)24(31)23(28-16-30)26-29-22(18-9-4-2-5-10-18)25(35-26)19-11-6-3-7-12-19/h2-17,23-24,31H,1H3,(H,28,30)(H,32,33). The van der Waals surface area contributed by atoms with Gasteiger partial charge in [-0.3, -0.25) is 4.79 Å². The average molecular weight is 472 g/mol. The minimum Gasteiger partial charge on any atom is -0.479 e. The van der Waals surface area contributed by atoms with Gasteiger partial charge in [-0.1, -0.05) is 72.8 Å². The van der Waals surface area contributed by atoms with Crippen molar-refractivity contribution < 1.29 is 29.0 Å². The van der Waals surface area contributed by atoms with Crippen molar-refractivity contribution in [2.24, 2.45) is 0 Å². The quantitative estimate of drug-likeness (QED) is 0.293. The van der Waals surface area contributed by atoms with E-state index in [0.29, 0.717) is 23.4 Å². The molecule has 35 heavy (non-hydrogen) atoms. The number of amides is 1. The fourth-order valence-electron chi connectivity index (χ4n) is 3.64. The molecule has 0 saturated heterocycles. The fraction of sp³-hybridized carbons (Fsp3) is 0.148. The van der Waals surface area contributed by atoms with Crippen molar-refractivity contribution in [2.45, 2.75) is 25.2 Å². The Labute approximate surface area is 201 Å². The second-order valence-electron chi connectivity index (χ2n) is 7.84. The van der Waals surface area contributed by atoms with Crippen LogP contribution in [0, 0.1) is 0 Å². The number of nitrogens with one attached hydrogen (secondary N) is 1. The van der Waals surface area contributed by atoms with E-state index in [2.05, 4.69) is 10.3 Å². The summed E-state index contributed by atoms with van der Waals surface area (Å²) in [6.45, 7) is 1.41. The second-order valence-corrected chi connectivity index (χ2v) is 7.84. The Morgan fingerprint density at radius 3 is 2.29 bits per heavy atom. The van der Waals surface area contributed by atoms with Gasteiger partial charge in [0.1, 0.15) is 23.6 Å². The van der Waals surface area contributed by atoms with Gasteiger partial charge in [0.25, 0.3) is 0 Å². The summed E-state index contributed by atoms with van der Waals surface area (Å²) in [5, 5.41) is 22.9. The molecule has 3 unspecified atom stereocenters. The molecule has 1 aromatic heterocycles. The van der Waals surface area contributed by atoms with Crippen LogP contribution in [-0.4, -0.2) is 33.7 Å². The Morgan fingerprint density at radius 1 is 1.00 bits per heavy atom. The molecule has 8 heteroatoms. The van der Waals surface area contributed by atoms with Gasteiger partial charge in [-0.15, -0.1) is 0 Å². The van der Waals surface area contributed by atoms with Crippen LogP contribution in [-0.2, 0) is 9.59 Å². The predicted molar refractivity (Wildman–Crippen MR) is 128 cm³/mol. The van der Waals surface area contributed by atoms with Crippen LogP contribution in [0.3, 0.4) is 0 Å². The van der Waals surface area contributed by atoms with E-state index in [-0.39, 0.29) is 11.6 Å². The smallest absolute Gasteiger partial charge is 0.344 e. The lowest BCUT2D eigenvalue weighted by Gasteiger charge is -2.20. The first-order chi connectivity index (χ1) is 17.0. The Bertz CT molecular complexity index is 1230. The third kappa shape index (κ3) is 5.39. The number of aromatic nitrogens is 1. The number of rotatable bonds is 10. The average Bonchev–Trinajstić information content (AvgIpc) is 3.33. The zero-order chi connectivity index (χ0) is 24.8. The lowest BCUT2D eigenvalue weighted by Crippen LogP contribution is -2.26. The minimum atomic E-state index is -1.25. The Balaban J connectivity index is 1.73. The van der Waals surface area contributed by atoms with Gasteiger partial charge >= 0.3 is 5.97 Å². The first-order valence-electron chi connectivity index (χ1n) is 11.0. The van der Waals surface area contributed by atoms with Crippen LogP contribution in [0.15, 0.2) is 89.3 Å². The molecule has 0 aliphatic carbocycles. The predicted octanol–water partition coefficient (Wildman–Crippen LogP) is 4.38. The molecule has 0 spiro atoms. The van der Waals surface area contributed by atoms with Crippen LogP contribution in [0.1, 0.15) is 30.5 Å². The molecule has 1 heterocycles. The molecule has 0 aliphatic rings. The number of oxazole rings is 1. The van der Waals surface area contributed by atoms with Gasteiger partial charge in [0.2, 0.25) is 12.3 Å². The lowest BCUT2D eigenvalue weighted by molar-refractivity contribution is -0.144. The van der Waals surface area contributed by atoms with Gasteiger partial charge in [0, 0.05) is 11.1 Å². The molecular weight excluding hydrogens is 448 g/mol. The maximum Gasteiger partial charge on any atom is 0.344 e. The summed E-state index contributed by atoms with van der Waals surface area (Å²) < 4.78 is 11.5. The highest BCUT2D eigenvalue weighted by molar-refractivity contribution is 5.77. The number of carbonyl (C=O) groups excluding carboxylic acids is 1. The monoisotopic (exact) mass is 472 g/mol. The maximum absolute atomic E-state index is 11.5. The summed E-state index contributed by atoms with van der Waals surface area (Å²) >= 11 is 0. The summed E-state index contributed by atoms with van der Waals surface area (Å²) in [7, 11) is 0. The molecule has 0 aliphatic heterocycles. The molecule has 4 aromatic rings. The number of carboxylic acids is 1. The van der Waals surface area contributed by atoms with Crippen molar-refractivity contribution >= 4 is 12.4 Å². The Morgan fingerprint density at radius 2 is 1.66 bits per heavy atom. The summed E-state index contributed by atoms with van der Waals surface area (Å²) in [6, 6.07) is 24.3. The minimum absolute atomic E-state index is 0.118. The van der Waals surface area contributed by atoms with Crippen molar-refractivity contribution in [1.82, 2.24) is 10.3 Å². The van der Waals surface area contributed by atoms with Gasteiger partial charge < -0.3 is 24.7 Å². The molecule has 0 bridgehead atoms. The highest BCUT2D eigenvalue weighted by Crippen LogP contribution is 2.37. The van der Waals surface area contributed by atoms with E-state index < -0.39 is 24.2 Å². The number of aliphatic hydroxyl groups excluding tert-OH is 1. The van der Waals surface area contributed by atoms with Crippen molar-refractivity contribution in [3.8, 4) is 28.3 Å². The highest BCUT2D eigenvalue weighted by atomic mass is 16.5. The summed E-state index contributed by atoms with van der Waals surface area (Å²) in [4.78, 5) is 27.2. The Kier molecular flexibility index (Phi) is 7.23. The van der Waals surface area contributed by atoms with Crippen LogP contribution in [0.4, 0.5) is 0 Å². The zero-order valence-electron chi connectivity index (χ0n) is 18.9. The number of ether oxygens (including phenoxy) is 1. The SMILES string of the molecule is CC(Oc1cccc(C(O)C(NC=O)c2nc(-c3ccccc3)c(-c3ccccc3)o2)c1)C(=O)O. The third-order valence-electron chi connectivity index (χ3n) is 5.42. The number of hydrogen-bond acceptors (Lipinski definition) is 6. The number of hydrogen-bond donors (Lipinski definition) is 3. The van der Waals surface area contributed by atoms with E-state index in [4.69, 9.17) is 14.3 Å². The van der Waals surface area contributed by atoms with E-state index in [0.717, 1.165) is 11.1 Å². The van der Waals surface area contributed by atoms with E-state index in [1.807, 2.05) is 60.7 Å². The molecule has 3 aromatic carbocycles. The summed E-state index contributed by atoms with van der Waals surface area (Å²) in [5.74, 6) is -0.224. The Hall–Kier alpha value is -4.43. The van der Waals surface area contributed by atoms with E-state index >= 15 is 0 Å². The molecule has 178 valence electrons. The molecule has 3 N–H and O–H groups in total. The van der Waals surface area contributed by atoms with Gasteiger partial charge in [-0.2, -0.15) is 0 Å². The van der Waals surface area contributed by atoms with Crippen molar-refractivity contribution in [3.63, 3.8) is 0 Å². The first-order valence-corrected chi connectivity index (χ1v) is 11.0. The number of carbonyl (C=O) groups is 2. The molecule has 0 saturated carbocycles. The topological polar surface area (TPSA) is 122 Å². The van der Waals surface area contributed by atoms with Gasteiger partial charge in [0.15, 0.2) is 11.9 Å². The number of carboxylic acid groups (broad SMARTS) is 1. The maximum atomic E-state index is 11.5. The fourth-order valence-corrected chi connectivity index (χ4v) is 3.64. The van der Waals surface area contributed by atoms with Crippen molar-refractivity contribution in [3.05, 3.63) is 96.4 Å². The first kappa shape index (κ1) is 23.7. The molecule has 4 rings (SSSR count). The number of aliphatic hydroxyl groups is 1. The number of nitrogens with zero attached hydrogens (tertiary/aromatic N) is 1. The molecule has 0 radical (unpaired) electrons. The largest absolute Gasteiger partial charge is 0.479 e. The number of aliphatic carboxylic acids is 1. The van der Waals surface area contributed by atoms with E-state index in [1.165, 1.54) is 13.0 Å². The van der Waals surface area contributed by atoms with Crippen molar-refractivity contribution in [2.75, 3.05) is 0 Å². The number of benzene rings is 3. The van der Waals surface area contributed by atoms with Gasteiger partial charge in [-0.25, -0.2) is 9.78 Å². The second kappa shape index (κ2) is 10.7. The molecule has 0 fully saturated rings. The molecule has 1 amide bonds. The zero-order valence-corrected chi connectivity index (χ0v) is 18.9. The van der Waals surface area contributed by atoms with Gasteiger partial charge in [-0.05, 0) is 24.6 Å². The molecule has 3 atom stereocenters. The van der Waals surface area contributed by atoms with Crippen LogP contribution in [0.2, 0.25) is 0 Å². The molecular formula is C27H24N2O6.